The fourth-order valence-corrected chi connectivity index (χ4v) is 3.54. The van der Waals surface area contributed by atoms with Crippen LogP contribution in [0.15, 0.2) is 29.6 Å². The largest absolute Gasteiger partial charge is 0.311 e. The van der Waals surface area contributed by atoms with Crippen molar-refractivity contribution in [3.05, 3.63) is 35.2 Å². The SMILES string of the molecule is FC(Cc1csc2ccccc12)C1CCCN1. The normalized spacial score (nSPS) is 22.1. The van der Waals surface area contributed by atoms with E-state index in [1.807, 2.05) is 12.1 Å². The van der Waals surface area contributed by atoms with Crippen LogP contribution in [0.3, 0.4) is 0 Å². The fraction of sp³-hybridized carbons (Fsp3) is 0.429. The maximum absolute atomic E-state index is 14.1. The zero-order chi connectivity index (χ0) is 11.7. The number of hydrogen-bond acceptors (Lipinski definition) is 2. The number of rotatable bonds is 3. The second kappa shape index (κ2) is 4.75. The summed E-state index contributed by atoms with van der Waals surface area (Å²) in [6.45, 7) is 0.968. The van der Waals surface area contributed by atoms with Crippen LogP contribution in [0, 0.1) is 0 Å². The first-order chi connectivity index (χ1) is 8.34. The van der Waals surface area contributed by atoms with Gasteiger partial charge in [-0.15, -0.1) is 11.3 Å². The molecule has 2 atom stereocenters. The second-order valence-electron chi connectivity index (χ2n) is 4.68. The van der Waals surface area contributed by atoms with Crippen LogP contribution in [0.5, 0.6) is 0 Å². The van der Waals surface area contributed by atoms with E-state index in [4.69, 9.17) is 0 Å². The van der Waals surface area contributed by atoms with E-state index in [1.54, 1.807) is 11.3 Å². The first-order valence-electron chi connectivity index (χ1n) is 6.17. The molecule has 1 saturated heterocycles. The molecule has 2 aromatic rings. The van der Waals surface area contributed by atoms with Crippen molar-refractivity contribution < 1.29 is 4.39 Å². The molecule has 1 aliphatic heterocycles. The van der Waals surface area contributed by atoms with Crippen molar-refractivity contribution in [2.75, 3.05) is 6.54 Å². The van der Waals surface area contributed by atoms with Gasteiger partial charge >= 0.3 is 0 Å². The van der Waals surface area contributed by atoms with E-state index in [0.717, 1.165) is 24.9 Å². The summed E-state index contributed by atoms with van der Waals surface area (Å²) in [6, 6.07) is 8.32. The molecule has 0 aliphatic carbocycles. The predicted molar refractivity (Wildman–Crippen MR) is 71.4 cm³/mol. The van der Waals surface area contributed by atoms with Crippen molar-refractivity contribution in [2.24, 2.45) is 0 Å². The standard InChI is InChI=1S/C14H16FNS/c15-12(13-5-3-7-16-13)8-10-9-17-14-6-2-1-4-11(10)14/h1-2,4,6,9,12-13,16H,3,5,7-8H2. The molecule has 0 radical (unpaired) electrons. The summed E-state index contributed by atoms with van der Waals surface area (Å²) in [5.74, 6) is 0. The Labute approximate surface area is 105 Å². The summed E-state index contributed by atoms with van der Waals surface area (Å²) >= 11 is 1.71. The third-order valence-corrected chi connectivity index (χ3v) is 4.52. The number of alkyl halides is 1. The molecule has 3 rings (SSSR count). The smallest absolute Gasteiger partial charge is 0.119 e. The summed E-state index contributed by atoms with van der Waals surface area (Å²) in [5.41, 5.74) is 1.16. The number of halogens is 1. The molecule has 1 fully saturated rings. The van der Waals surface area contributed by atoms with Crippen LogP contribution in [0.4, 0.5) is 4.39 Å². The molecule has 0 amide bonds. The van der Waals surface area contributed by atoms with Crippen LogP contribution in [-0.4, -0.2) is 18.8 Å². The lowest BCUT2D eigenvalue weighted by Crippen LogP contribution is -2.33. The van der Waals surface area contributed by atoms with Gasteiger partial charge in [0.05, 0.1) is 0 Å². The van der Waals surface area contributed by atoms with Gasteiger partial charge in [0.1, 0.15) is 6.17 Å². The molecule has 0 saturated carbocycles. The third-order valence-electron chi connectivity index (χ3n) is 3.51. The van der Waals surface area contributed by atoms with Crippen molar-refractivity contribution in [1.29, 1.82) is 0 Å². The maximum Gasteiger partial charge on any atom is 0.119 e. The Bertz CT molecular complexity index is 502. The van der Waals surface area contributed by atoms with Crippen molar-refractivity contribution in [1.82, 2.24) is 5.32 Å². The van der Waals surface area contributed by atoms with Gasteiger partial charge in [-0.3, -0.25) is 0 Å². The van der Waals surface area contributed by atoms with Gasteiger partial charge in [0, 0.05) is 17.2 Å². The van der Waals surface area contributed by atoms with E-state index >= 15 is 0 Å². The van der Waals surface area contributed by atoms with E-state index in [0.29, 0.717) is 6.42 Å². The highest BCUT2D eigenvalue weighted by Crippen LogP contribution is 2.28. The lowest BCUT2D eigenvalue weighted by molar-refractivity contribution is 0.264. The number of benzene rings is 1. The summed E-state index contributed by atoms with van der Waals surface area (Å²) in [6.07, 6.45) is 1.87. The van der Waals surface area contributed by atoms with Gasteiger partial charge in [-0.25, -0.2) is 4.39 Å². The van der Waals surface area contributed by atoms with E-state index in [1.165, 1.54) is 10.1 Å². The van der Waals surface area contributed by atoms with Crippen LogP contribution in [0.25, 0.3) is 10.1 Å². The average Bonchev–Trinajstić information content (AvgIpc) is 2.98. The monoisotopic (exact) mass is 249 g/mol. The minimum absolute atomic E-state index is 0.0636. The van der Waals surface area contributed by atoms with Crippen molar-refractivity contribution in [2.45, 2.75) is 31.5 Å². The molecule has 1 nitrogen and oxygen atoms in total. The van der Waals surface area contributed by atoms with Crippen LogP contribution < -0.4 is 5.32 Å². The van der Waals surface area contributed by atoms with E-state index in [9.17, 15) is 4.39 Å². The lowest BCUT2D eigenvalue weighted by atomic mass is 10.0. The fourth-order valence-electron chi connectivity index (χ4n) is 2.56. The highest BCUT2D eigenvalue weighted by molar-refractivity contribution is 7.17. The summed E-state index contributed by atoms with van der Waals surface area (Å²) in [4.78, 5) is 0. The van der Waals surface area contributed by atoms with Crippen LogP contribution in [-0.2, 0) is 6.42 Å². The third kappa shape index (κ3) is 2.22. The topological polar surface area (TPSA) is 12.0 Å². The minimum atomic E-state index is -0.754. The van der Waals surface area contributed by atoms with Crippen LogP contribution in [0.1, 0.15) is 18.4 Å². The highest BCUT2D eigenvalue weighted by atomic mass is 32.1. The van der Waals surface area contributed by atoms with Crippen molar-refractivity contribution >= 4 is 21.4 Å². The molecule has 17 heavy (non-hydrogen) atoms. The summed E-state index contributed by atoms with van der Waals surface area (Å²) in [5, 5.41) is 6.57. The van der Waals surface area contributed by atoms with Gasteiger partial charge in [-0.05, 0) is 41.8 Å². The summed E-state index contributed by atoms with van der Waals surface area (Å²) in [7, 11) is 0. The molecule has 2 unspecified atom stereocenters. The average molecular weight is 249 g/mol. The zero-order valence-corrected chi connectivity index (χ0v) is 10.5. The number of hydrogen-bond donors (Lipinski definition) is 1. The van der Waals surface area contributed by atoms with E-state index in [-0.39, 0.29) is 6.04 Å². The molecule has 3 heteroatoms. The Kier molecular flexibility index (Phi) is 3.12. The molecule has 1 aromatic heterocycles. The Balaban J connectivity index is 1.80. The molecule has 90 valence electrons. The minimum Gasteiger partial charge on any atom is -0.311 e. The van der Waals surface area contributed by atoms with Crippen molar-refractivity contribution in [3.63, 3.8) is 0 Å². The van der Waals surface area contributed by atoms with Gasteiger partial charge < -0.3 is 5.32 Å². The Morgan fingerprint density at radius 2 is 2.29 bits per heavy atom. The molecule has 1 aliphatic rings. The van der Waals surface area contributed by atoms with Gasteiger partial charge in [-0.2, -0.15) is 0 Å². The Hall–Kier alpha value is -0.930. The van der Waals surface area contributed by atoms with Gasteiger partial charge in [0.15, 0.2) is 0 Å². The number of thiophene rings is 1. The first kappa shape index (κ1) is 11.2. The summed E-state index contributed by atoms with van der Waals surface area (Å²) < 4.78 is 15.4. The quantitative estimate of drug-likeness (QED) is 0.877. The van der Waals surface area contributed by atoms with Gasteiger partial charge in [-0.1, -0.05) is 18.2 Å². The number of fused-ring (bicyclic) bond motifs is 1. The molecule has 0 bridgehead atoms. The van der Waals surface area contributed by atoms with Crippen LogP contribution >= 0.6 is 11.3 Å². The zero-order valence-electron chi connectivity index (χ0n) is 9.66. The van der Waals surface area contributed by atoms with Gasteiger partial charge in [0.25, 0.3) is 0 Å². The molecule has 0 spiro atoms. The Morgan fingerprint density at radius 3 is 3.12 bits per heavy atom. The molecule has 1 N–H and O–H groups in total. The van der Waals surface area contributed by atoms with Crippen LogP contribution in [0.2, 0.25) is 0 Å². The predicted octanol–water partition coefficient (Wildman–Crippen LogP) is 3.53. The highest BCUT2D eigenvalue weighted by Gasteiger charge is 2.24. The molecule has 2 heterocycles. The molecular weight excluding hydrogens is 233 g/mol. The maximum atomic E-state index is 14.1. The van der Waals surface area contributed by atoms with Crippen molar-refractivity contribution in [3.8, 4) is 0 Å². The second-order valence-corrected chi connectivity index (χ2v) is 5.59. The first-order valence-corrected chi connectivity index (χ1v) is 7.05. The Morgan fingerprint density at radius 1 is 1.41 bits per heavy atom. The molecular formula is C14H16FNS. The molecule has 1 aromatic carbocycles. The van der Waals surface area contributed by atoms with E-state index < -0.39 is 6.17 Å². The van der Waals surface area contributed by atoms with E-state index in [2.05, 4.69) is 22.8 Å². The number of nitrogens with one attached hydrogen (secondary N) is 1. The lowest BCUT2D eigenvalue weighted by Gasteiger charge is -2.15. The van der Waals surface area contributed by atoms with Gasteiger partial charge in [0.2, 0.25) is 0 Å².